The summed E-state index contributed by atoms with van der Waals surface area (Å²) < 4.78 is 31.0. The highest BCUT2D eigenvalue weighted by Gasteiger charge is 2.20. The molecule has 2 heterocycles. The average molecular weight is 414 g/mol. The van der Waals surface area contributed by atoms with E-state index in [-0.39, 0.29) is 17.4 Å². The Labute approximate surface area is 178 Å². The maximum atomic E-state index is 14.5. The van der Waals surface area contributed by atoms with Gasteiger partial charge in [0.15, 0.2) is 0 Å². The fourth-order valence-corrected chi connectivity index (χ4v) is 3.82. The van der Waals surface area contributed by atoms with Crippen LogP contribution in [0.5, 0.6) is 0 Å². The smallest absolute Gasteiger partial charge is 0.144 e. The van der Waals surface area contributed by atoms with E-state index < -0.39 is 11.6 Å². The molecule has 1 N–H and O–H groups in total. The van der Waals surface area contributed by atoms with Gasteiger partial charge in [-0.3, -0.25) is 0 Å². The second-order valence-electron chi connectivity index (χ2n) is 7.72. The second kappa shape index (κ2) is 7.47. The van der Waals surface area contributed by atoms with Crippen molar-refractivity contribution in [3.8, 4) is 33.9 Å². The van der Waals surface area contributed by atoms with Crippen molar-refractivity contribution < 1.29 is 8.78 Å². The van der Waals surface area contributed by atoms with Crippen LogP contribution >= 0.6 is 0 Å². The van der Waals surface area contributed by atoms with E-state index >= 15 is 0 Å². The highest BCUT2D eigenvalue weighted by atomic mass is 19.1. The Balaban J connectivity index is 1.75. The van der Waals surface area contributed by atoms with Crippen LogP contribution in [-0.4, -0.2) is 19.5 Å². The Morgan fingerprint density at radius 2 is 1.61 bits per heavy atom. The van der Waals surface area contributed by atoms with Gasteiger partial charge in [-0.25, -0.2) is 18.7 Å². The lowest BCUT2D eigenvalue weighted by Gasteiger charge is -2.09. The molecule has 0 aliphatic rings. The van der Waals surface area contributed by atoms with Gasteiger partial charge in [0.1, 0.15) is 17.5 Å². The van der Waals surface area contributed by atoms with E-state index in [1.807, 2.05) is 54.9 Å². The third-order valence-electron chi connectivity index (χ3n) is 5.37. The van der Waals surface area contributed by atoms with E-state index in [2.05, 4.69) is 33.4 Å². The Bertz CT molecular complexity index is 1360. The molecule has 0 unspecified atom stereocenters. The zero-order valence-corrected chi connectivity index (χ0v) is 17.1. The number of hydrogen-bond donors (Lipinski definition) is 1. The van der Waals surface area contributed by atoms with Gasteiger partial charge in [0.25, 0.3) is 0 Å². The quantitative estimate of drug-likeness (QED) is 0.359. The molecule has 0 fully saturated rings. The molecule has 154 valence electrons. The highest BCUT2D eigenvalue weighted by Crippen LogP contribution is 2.35. The van der Waals surface area contributed by atoms with Crippen LogP contribution in [-0.2, 0) is 0 Å². The first-order valence-electron chi connectivity index (χ1n) is 10.1. The Kier molecular flexibility index (Phi) is 4.62. The lowest BCUT2D eigenvalue weighted by molar-refractivity contribution is 0.588. The van der Waals surface area contributed by atoms with E-state index in [4.69, 9.17) is 0 Å². The van der Waals surface area contributed by atoms with Crippen LogP contribution in [0, 0.1) is 11.6 Å². The van der Waals surface area contributed by atoms with Gasteiger partial charge in [-0.05, 0) is 38.1 Å². The molecular formula is C25H20F2N4. The lowest BCUT2D eigenvalue weighted by Crippen LogP contribution is -1.98. The Morgan fingerprint density at radius 1 is 0.871 bits per heavy atom. The number of H-pyrrole nitrogens is 1. The highest BCUT2D eigenvalue weighted by molar-refractivity contribution is 5.87. The minimum atomic E-state index is -0.659. The van der Waals surface area contributed by atoms with Crippen LogP contribution in [0.25, 0.3) is 44.9 Å². The van der Waals surface area contributed by atoms with E-state index in [1.165, 1.54) is 18.2 Å². The molecule has 0 spiro atoms. The van der Waals surface area contributed by atoms with E-state index in [0.29, 0.717) is 11.4 Å². The van der Waals surface area contributed by atoms with Crippen molar-refractivity contribution in [3.05, 3.63) is 84.7 Å². The molecule has 3 aromatic carbocycles. The maximum Gasteiger partial charge on any atom is 0.144 e. The molecule has 0 aliphatic carbocycles. The predicted molar refractivity (Wildman–Crippen MR) is 118 cm³/mol. The van der Waals surface area contributed by atoms with Crippen molar-refractivity contribution in [2.24, 2.45) is 0 Å². The summed E-state index contributed by atoms with van der Waals surface area (Å²) >= 11 is 0. The molecule has 0 aliphatic heterocycles. The van der Waals surface area contributed by atoms with Gasteiger partial charge in [-0.2, -0.15) is 0 Å². The number of halogens is 2. The van der Waals surface area contributed by atoms with Gasteiger partial charge in [-0.15, -0.1) is 0 Å². The van der Waals surface area contributed by atoms with Gasteiger partial charge >= 0.3 is 0 Å². The number of aromatic amines is 1. The molecule has 0 bridgehead atoms. The standard InChI is InChI=1S/C25H20F2N4/c1-15(2)31-14-28-20-12-11-17(13-21(20)31)24-23(16-7-4-3-5-8-16)29-25(30-24)22-18(26)9-6-10-19(22)27/h3-15H,1-2H3,(H,29,30). The number of imidazole rings is 2. The van der Waals surface area contributed by atoms with E-state index in [9.17, 15) is 8.78 Å². The lowest BCUT2D eigenvalue weighted by atomic mass is 10.0. The first-order chi connectivity index (χ1) is 15.0. The molecule has 0 radical (unpaired) electrons. The molecule has 5 rings (SSSR count). The molecular weight excluding hydrogens is 394 g/mol. The molecule has 0 atom stereocenters. The summed E-state index contributed by atoms with van der Waals surface area (Å²) in [4.78, 5) is 12.3. The zero-order chi connectivity index (χ0) is 21.5. The molecule has 6 heteroatoms. The summed E-state index contributed by atoms with van der Waals surface area (Å²) in [7, 11) is 0. The Hall–Kier alpha value is -3.80. The van der Waals surface area contributed by atoms with E-state index in [1.54, 1.807) is 0 Å². The van der Waals surface area contributed by atoms with Crippen LogP contribution in [0.15, 0.2) is 73.1 Å². The van der Waals surface area contributed by atoms with Gasteiger partial charge in [0, 0.05) is 17.2 Å². The molecule has 4 nitrogen and oxygen atoms in total. The maximum absolute atomic E-state index is 14.5. The third-order valence-corrected chi connectivity index (χ3v) is 5.37. The van der Waals surface area contributed by atoms with Gasteiger partial charge in [-0.1, -0.05) is 42.5 Å². The summed E-state index contributed by atoms with van der Waals surface area (Å²) in [6.45, 7) is 4.19. The molecule has 2 aromatic heterocycles. The minimum absolute atomic E-state index is 0.155. The van der Waals surface area contributed by atoms with Crippen LogP contribution < -0.4 is 0 Å². The third kappa shape index (κ3) is 3.30. The van der Waals surface area contributed by atoms with Crippen LogP contribution in [0.2, 0.25) is 0 Å². The molecule has 0 saturated carbocycles. The Morgan fingerprint density at radius 3 is 2.32 bits per heavy atom. The van der Waals surface area contributed by atoms with Crippen molar-refractivity contribution in [2.75, 3.05) is 0 Å². The molecule has 31 heavy (non-hydrogen) atoms. The predicted octanol–water partition coefficient (Wildman–Crippen LogP) is 6.62. The van der Waals surface area contributed by atoms with Gasteiger partial charge < -0.3 is 9.55 Å². The van der Waals surface area contributed by atoms with Crippen molar-refractivity contribution in [1.29, 1.82) is 0 Å². The fourth-order valence-electron chi connectivity index (χ4n) is 3.82. The van der Waals surface area contributed by atoms with Crippen LogP contribution in [0.4, 0.5) is 8.78 Å². The number of fused-ring (bicyclic) bond motifs is 1. The first kappa shape index (κ1) is 19.2. The largest absolute Gasteiger partial charge is 0.337 e. The van der Waals surface area contributed by atoms with Crippen LogP contribution in [0.1, 0.15) is 19.9 Å². The minimum Gasteiger partial charge on any atom is -0.337 e. The number of aromatic nitrogens is 4. The van der Waals surface area contributed by atoms with E-state index in [0.717, 1.165) is 22.2 Å². The van der Waals surface area contributed by atoms with Crippen molar-refractivity contribution >= 4 is 11.0 Å². The summed E-state index contributed by atoms with van der Waals surface area (Å²) in [6, 6.07) is 19.6. The number of nitrogens with zero attached hydrogens (tertiary/aromatic N) is 3. The SMILES string of the molecule is CC(C)n1cnc2ccc(-c3nc(-c4c(F)cccc4F)[nH]c3-c3ccccc3)cc21. The van der Waals surface area contributed by atoms with Gasteiger partial charge in [0.05, 0.1) is 34.3 Å². The number of nitrogens with one attached hydrogen (secondary N) is 1. The number of hydrogen-bond acceptors (Lipinski definition) is 2. The summed E-state index contributed by atoms with van der Waals surface area (Å²) in [5.74, 6) is -1.16. The van der Waals surface area contributed by atoms with Crippen LogP contribution in [0.3, 0.4) is 0 Å². The fraction of sp³-hybridized carbons (Fsp3) is 0.120. The average Bonchev–Trinajstić information content (AvgIpc) is 3.38. The van der Waals surface area contributed by atoms with Crippen molar-refractivity contribution in [1.82, 2.24) is 19.5 Å². The normalized spacial score (nSPS) is 11.5. The van der Waals surface area contributed by atoms with Gasteiger partial charge in [0.2, 0.25) is 0 Å². The molecule has 0 saturated heterocycles. The summed E-state index contributed by atoms with van der Waals surface area (Å²) in [6.07, 6.45) is 1.82. The number of rotatable bonds is 4. The number of benzene rings is 3. The van der Waals surface area contributed by atoms with Crippen molar-refractivity contribution in [2.45, 2.75) is 19.9 Å². The molecule has 0 amide bonds. The zero-order valence-electron chi connectivity index (χ0n) is 17.1. The summed E-state index contributed by atoms with van der Waals surface area (Å²) in [5.41, 5.74) is 4.75. The monoisotopic (exact) mass is 414 g/mol. The second-order valence-corrected chi connectivity index (χ2v) is 7.72. The first-order valence-corrected chi connectivity index (χ1v) is 10.1. The molecule has 5 aromatic rings. The summed E-state index contributed by atoms with van der Waals surface area (Å²) in [5, 5.41) is 0. The topological polar surface area (TPSA) is 46.5 Å². The van der Waals surface area contributed by atoms with Crippen molar-refractivity contribution in [3.63, 3.8) is 0 Å².